The fourth-order valence-electron chi connectivity index (χ4n) is 2.77. The molecule has 1 saturated heterocycles. The topological polar surface area (TPSA) is 45.2 Å². The molecule has 1 atom stereocenters. The number of rotatable bonds is 6. The highest BCUT2D eigenvalue weighted by Crippen LogP contribution is 2.25. The summed E-state index contributed by atoms with van der Waals surface area (Å²) in [4.78, 5) is 19.0. The van der Waals surface area contributed by atoms with Crippen LogP contribution in [-0.2, 0) is 4.79 Å². The lowest BCUT2D eigenvalue weighted by Gasteiger charge is -2.38. The van der Waals surface area contributed by atoms with Gasteiger partial charge in [-0.1, -0.05) is 18.2 Å². The van der Waals surface area contributed by atoms with E-state index in [2.05, 4.69) is 23.5 Å². The van der Waals surface area contributed by atoms with Crippen molar-refractivity contribution in [1.82, 2.24) is 15.2 Å². The summed E-state index contributed by atoms with van der Waals surface area (Å²) < 4.78 is 0. The van der Waals surface area contributed by atoms with Crippen LogP contribution in [0.25, 0.3) is 0 Å². The van der Waals surface area contributed by atoms with Crippen molar-refractivity contribution in [2.45, 2.75) is 18.9 Å². The van der Waals surface area contributed by atoms with Gasteiger partial charge in [-0.15, -0.1) is 13.2 Å². The summed E-state index contributed by atoms with van der Waals surface area (Å²) in [6.45, 7) is 9.85. The molecule has 4 nitrogen and oxygen atoms in total. The first-order chi connectivity index (χ1) is 10.3. The zero-order valence-corrected chi connectivity index (χ0v) is 12.4. The Bertz CT molecular complexity index is 476. The molecule has 0 spiro atoms. The maximum absolute atomic E-state index is 12.8. The van der Waals surface area contributed by atoms with Gasteiger partial charge in [0.05, 0.1) is 6.04 Å². The van der Waals surface area contributed by atoms with Crippen molar-refractivity contribution < 1.29 is 4.79 Å². The minimum absolute atomic E-state index is 0.0529. The monoisotopic (exact) mass is 285 g/mol. The van der Waals surface area contributed by atoms with Crippen molar-refractivity contribution in [3.05, 3.63) is 55.4 Å². The molecule has 21 heavy (non-hydrogen) atoms. The lowest BCUT2D eigenvalue weighted by Crippen LogP contribution is -2.50. The number of amides is 1. The molecule has 1 aliphatic heterocycles. The number of pyridine rings is 1. The van der Waals surface area contributed by atoms with Crippen LogP contribution in [-0.4, -0.2) is 35.4 Å². The Morgan fingerprint density at radius 1 is 1.48 bits per heavy atom. The van der Waals surface area contributed by atoms with E-state index in [1.165, 1.54) is 0 Å². The smallest absolute Gasteiger partial charge is 0.226 e. The van der Waals surface area contributed by atoms with Gasteiger partial charge in [0.15, 0.2) is 0 Å². The van der Waals surface area contributed by atoms with Crippen molar-refractivity contribution in [3.63, 3.8) is 0 Å². The van der Waals surface area contributed by atoms with E-state index in [-0.39, 0.29) is 17.9 Å². The summed E-state index contributed by atoms with van der Waals surface area (Å²) in [5.74, 6) is 0.127. The van der Waals surface area contributed by atoms with Crippen LogP contribution in [0, 0.1) is 5.92 Å². The molecule has 1 unspecified atom stereocenters. The largest absolute Gasteiger partial charge is 0.333 e. The molecule has 112 valence electrons. The first-order valence-corrected chi connectivity index (χ1v) is 7.40. The molecule has 0 aromatic carbocycles. The Balaban J connectivity index is 2.19. The summed E-state index contributed by atoms with van der Waals surface area (Å²) in [5, 5.41) is 3.36. The van der Waals surface area contributed by atoms with Crippen molar-refractivity contribution in [2.75, 3.05) is 19.6 Å². The van der Waals surface area contributed by atoms with Gasteiger partial charge in [-0.05, 0) is 24.5 Å². The Kier molecular flexibility index (Phi) is 5.69. The second-order valence-corrected chi connectivity index (χ2v) is 5.28. The lowest BCUT2D eigenvalue weighted by atomic mass is 9.96. The predicted molar refractivity (Wildman–Crippen MR) is 84.7 cm³/mol. The van der Waals surface area contributed by atoms with Gasteiger partial charge in [-0.3, -0.25) is 9.78 Å². The van der Waals surface area contributed by atoms with Gasteiger partial charge >= 0.3 is 0 Å². The summed E-state index contributed by atoms with van der Waals surface area (Å²) >= 11 is 0. The molecule has 1 aromatic rings. The van der Waals surface area contributed by atoms with Gasteiger partial charge in [0, 0.05) is 37.9 Å². The fraction of sp³-hybridized carbons (Fsp3) is 0.412. The SMILES string of the molecule is C=CCC(CC=C)C(=O)N1CCNCC1c1cccnc1. The number of hydrogen-bond donors (Lipinski definition) is 1. The first-order valence-electron chi connectivity index (χ1n) is 7.40. The fourth-order valence-corrected chi connectivity index (χ4v) is 2.77. The van der Waals surface area contributed by atoms with Crippen LogP contribution in [0.5, 0.6) is 0 Å². The van der Waals surface area contributed by atoms with Crippen molar-refractivity contribution in [3.8, 4) is 0 Å². The number of carbonyl (C=O) groups is 1. The third-order valence-corrected chi connectivity index (χ3v) is 3.85. The molecule has 0 saturated carbocycles. The highest BCUT2D eigenvalue weighted by atomic mass is 16.2. The zero-order valence-electron chi connectivity index (χ0n) is 12.4. The Morgan fingerprint density at radius 2 is 2.24 bits per heavy atom. The predicted octanol–water partition coefficient (Wildman–Crippen LogP) is 2.32. The lowest BCUT2D eigenvalue weighted by molar-refractivity contribution is -0.138. The quantitative estimate of drug-likeness (QED) is 0.816. The maximum atomic E-state index is 12.8. The summed E-state index contributed by atoms with van der Waals surface area (Å²) in [5.41, 5.74) is 1.08. The number of allylic oxidation sites excluding steroid dienone is 2. The Hall–Kier alpha value is -1.94. The molecular formula is C17H23N3O. The van der Waals surface area contributed by atoms with Crippen molar-refractivity contribution >= 4 is 5.91 Å². The number of nitrogens with one attached hydrogen (secondary N) is 1. The van der Waals surface area contributed by atoms with Crippen LogP contribution in [0.15, 0.2) is 49.8 Å². The molecular weight excluding hydrogens is 262 g/mol. The van der Waals surface area contributed by atoms with Crippen molar-refractivity contribution in [1.29, 1.82) is 0 Å². The van der Waals surface area contributed by atoms with Gasteiger partial charge in [0.2, 0.25) is 5.91 Å². The Morgan fingerprint density at radius 3 is 2.86 bits per heavy atom. The van der Waals surface area contributed by atoms with E-state index < -0.39 is 0 Å². The molecule has 1 aromatic heterocycles. The number of piperazine rings is 1. The molecule has 1 N–H and O–H groups in total. The molecule has 0 radical (unpaired) electrons. The average molecular weight is 285 g/mol. The molecule has 1 fully saturated rings. The van der Waals surface area contributed by atoms with Crippen molar-refractivity contribution in [2.24, 2.45) is 5.92 Å². The summed E-state index contributed by atoms with van der Waals surface area (Å²) in [7, 11) is 0. The van der Waals surface area contributed by atoms with Gasteiger partial charge < -0.3 is 10.2 Å². The van der Waals surface area contributed by atoms with E-state index in [4.69, 9.17) is 0 Å². The maximum Gasteiger partial charge on any atom is 0.226 e. The van der Waals surface area contributed by atoms with Crippen LogP contribution < -0.4 is 5.32 Å². The normalized spacial score (nSPS) is 18.5. The third kappa shape index (κ3) is 3.79. The standard InChI is InChI=1S/C17H23N3O/c1-3-6-14(7-4-2)17(21)20-11-10-19-13-16(20)15-8-5-9-18-12-15/h3-5,8-9,12,14,16,19H,1-2,6-7,10-11,13H2. The molecule has 4 heteroatoms. The van der Waals surface area contributed by atoms with E-state index in [0.717, 1.165) is 25.2 Å². The Labute approximate surface area is 126 Å². The minimum atomic E-state index is -0.0581. The average Bonchev–Trinajstić information content (AvgIpc) is 2.55. The van der Waals surface area contributed by atoms with Crippen LogP contribution in [0.4, 0.5) is 0 Å². The minimum Gasteiger partial charge on any atom is -0.333 e. The van der Waals surface area contributed by atoms with Crippen LogP contribution >= 0.6 is 0 Å². The summed E-state index contributed by atoms with van der Waals surface area (Å²) in [6, 6.07) is 4.00. The van der Waals surface area contributed by atoms with Crippen LogP contribution in [0.1, 0.15) is 24.4 Å². The van der Waals surface area contributed by atoms with Gasteiger partial charge in [0.1, 0.15) is 0 Å². The molecule has 0 bridgehead atoms. The number of nitrogens with zero attached hydrogens (tertiary/aromatic N) is 2. The third-order valence-electron chi connectivity index (χ3n) is 3.85. The van der Waals surface area contributed by atoms with Crippen LogP contribution in [0.2, 0.25) is 0 Å². The number of carbonyl (C=O) groups excluding carboxylic acids is 1. The van der Waals surface area contributed by atoms with Gasteiger partial charge in [-0.2, -0.15) is 0 Å². The first kappa shape index (κ1) is 15.4. The highest BCUT2D eigenvalue weighted by Gasteiger charge is 2.31. The molecule has 0 aliphatic carbocycles. The second-order valence-electron chi connectivity index (χ2n) is 5.28. The number of hydrogen-bond acceptors (Lipinski definition) is 3. The highest BCUT2D eigenvalue weighted by molar-refractivity contribution is 5.80. The van der Waals surface area contributed by atoms with Gasteiger partial charge in [0.25, 0.3) is 0 Å². The van der Waals surface area contributed by atoms with E-state index >= 15 is 0 Å². The molecule has 2 heterocycles. The number of aromatic nitrogens is 1. The van der Waals surface area contributed by atoms with E-state index in [1.54, 1.807) is 6.20 Å². The van der Waals surface area contributed by atoms with E-state index in [9.17, 15) is 4.79 Å². The molecule has 1 amide bonds. The molecule has 1 aliphatic rings. The second kappa shape index (κ2) is 7.74. The summed E-state index contributed by atoms with van der Waals surface area (Å²) in [6.07, 6.45) is 8.60. The molecule has 2 rings (SSSR count). The zero-order chi connectivity index (χ0) is 15.1. The van der Waals surface area contributed by atoms with E-state index in [1.807, 2.05) is 35.4 Å². The van der Waals surface area contributed by atoms with Gasteiger partial charge in [-0.25, -0.2) is 0 Å². The van der Waals surface area contributed by atoms with Crippen LogP contribution in [0.3, 0.4) is 0 Å². The van der Waals surface area contributed by atoms with E-state index in [0.29, 0.717) is 12.8 Å².